The van der Waals surface area contributed by atoms with E-state index < -0.39 is 5.97 Å². The fraction of sp³-hybridized carbons (Fsp3) is 0.414. The third-order valence-electron chi connectivity index (χ3n) is 7.16. The van der Waals surface area contributed by atoms with Crippen LogP contribution in [0, 0.1) is 12.8 Å². The maximum absolute atomic E-state index is 11.1. The first kappa shape index (κ1) is 22.4. The molecule has 4 rings (SSSR count). The van der Waals surface area contributed by atoms with Crippen molar-refractivity contribution in [3.63, 3.8) is 0 Å². The Morgan fingerprint density at radius 1 is 1.09 bits per heavy atom. The number of allylic oxidation sites excluding steroid dienone is 1. The van der Waals surface area contributed by atoms with E-state index in [0.717, 1.165) is 24.4 Å². The lowest BCUT2D eigenvalue weighted by molar-refractivity contribution is 0.0697. The third-order valence-corrected chi connectivity index (χ3v) is 7.16. The number of fused-ring (bicyclic) bond motifs is 1. The Kier molecular flexibility index (Phi) is 6.55. The molecule has 0 unspecified atom stereocenters. The third kappa shape index (κ3) is 4.98. The van der Waals surface area contributed by atoms with Crippen LogP contribution in [0.25, 0.3) is 17.8 Å². The molecule has 0 aromatic heterocycles. The van der Waals surface area contributed by atoms with Crippen LogP contribution in [0.15, 0.2) is 42.5 Å². The molecule has 0 saturated heterocycles. The summed E-state index contributed by atoms with van der Waals surface area (Å²) < 4.78 is 0. The first-order valence-corrected chi connectivity index (χ1v) is 11.9. The Hall–Kier alpha value is -2.81. The zero-order valence-corrected chi connectivity index (χ0v) is 19.6. The summed E-state index contributed by atoms with van der Waals surface area (Å²) >= 11 is 0. The van der Waals surface area contributed by atoms with E-state index in [4.69, 9.17) is 5.11 Å². The lowest BCUT2D eigenvalue weighted by Gasteiger charge is -2.34. The maximum atomic E-state index is 11.1. The summed E-state index contributed by atoms with van der Waals surface area (Å²) in [6.07, 6.45) is 14.5. The number of carboxylic acids is 1. The standard InChI is InChI=1S/C29H35NO2/c1-20-17-26-25(18-24(20)14-11-21-9-12-23(13-10-21)28(31)32)27(15-16-29(26,2)3)30-19-22-7-5-4-6-8-22/h9-15,17-18,22,30H,4-8,16,19H2,1-3H3,(H,31,32). The summed E-state index contributed by atoms with van der Waals surface area (Å²) in [6.45, 7) is 7.91. The van der Waals surface area contributed by atoms with Gasteiger partial charge in [0, 0.05) is 17.8 Å². The van der Waals surface area contributed by atoms with Crippen molar-refractivity contribution < 1.29 is 9.90 Å². The summed E-state index contributed by atoms with van der Waals surface area (Å²) in [5.74, 6) is -0.102. The fourth-order valence-corrected chi connectivity index (χ4v) is 5.00. The lowest BCUT2D eigenvalue weighted by Crippen LogP contribution is -2.29. The summed E-state index contributed by atoms with van der Waals surface area (Å²) in [5, 5.41) is 12.9. The molecule has 2 aromatic rings. The van der Waals surface area contributed by atoms with Crippen LogP contribution in [0.2, 0.25) is 0 Å². The minimum Gasteiger partial charge on any atom is -0.478 e. The van der Waals surface area contributed by atoms with Gasteiger partial charge in [-0.1, -0.05) is 69.5 Å². The number of benzene rings is 2. The Morgan fingerprint density at radius 3 is 2.50 bits per heavy atom. The molecule has 1 saturated carbocycles. The predicted octanol–water partition coefficient (Wildman–Crippen LogP) is 7.06. The van der Waals surface area contributed by atoms with Gasteiger partial charge in [-0.05, 0) is 78.0 Å². The zero-order chi connectivity index (χ0) is 22.7. The number of hydrogen-bond donors (Lipinski definition) is 2. The zero-order valence-electron chi connectivity index (χ0n) is 19.6. The molecule has 0 radical (unpaired) electrons. The highest BCUT2D eigenvalue weighted by Gasteiger charge is 2.29. The van der Waals surface area contributed by atoms with E-state index in [9.17, 15) is 4.79 Å². The first-order chi connectivity index (χ1) is 15.3. The summed E-state index contributed by atoms with van der Waals surface area (Å²) in [5.41, 5.74) is 7.94. The second-order valence-electron chi connectivity index (χ2n) is 10.1. The number of aromatic carboxylic acids is 1. The van der Waals surface area contributed by atoms with Gasteiger partial charge >= 0.3 is 5.97 Å². The quantitative estimate of drug-likeness (QED) is 0.483. The van der Waals surface area contributed by atoms with Gasteiger partial charge in [0.1, 0.15) is 0 Å². The summed E-state index contributed by atoms with van der Waals surface area (Å²) in [6, 6.07) is 11.7. The van der Waals surface area contributed by atoms with E-state index in [1.54, 1.807) is 12.1 Å². The molecule has 32 heavy (non-hydrogen) atoms. The molecule has 3 heteroatoms. The first-order valence-electron chi connectivity index (χ1n) is 11.9. The molecule has 2 aliphatic rings. The minimum absolute atomic E-state index is 0.130. The molecule has 3 nitrogen and oxygen atoms in total. The van der Waals surface area contributed by atoms with Crippen LogP contribution in [-0.4, -0.2) is 17.6 Å². The maximum Gasteiger partial charge on any atom is 0.335 e. The van der Waals surface area contributed by atoms with E-state index in [-0.39, 0.29) is 5.41 Å². The van der Waals surface area contributed by atoms with Crippen LogP contribution in [0.4, 0.5) is 0 Å². The normalized spacial score (nSPS) is 18.3. The van der Waals surface area contributed by atoms with Crippen LogP contribution in [-0.2, 0) is 5.41 Å². The van der Waals surface area contributed by atoms with Gasteiger partial charge in [-0.25, -0.2) is 4.79 Å². The highest BCUT2D eigenvalue weighted by atomic mass is 16.4. The molecule has 0 aliphatic heterocycles. The van der Waals surface area contributed by atoms with E-state index in [1.165, 1.54) is 60.1 Å². The smallest absolute Gasteiger partial charge is 0.335 e. The molecule has 0 spiro atoms. The Bertz CT molecular complexity index is 1040. The number of nitrogens with one attached hydrogen (secondary N) is 1. The predicted molar refractivity (Wildman–Crippen MR) is 134 cm³/mol. The van der Waals surface area contributed by atoms with Gasteiger partial charge in [0.15, 0.2) is 0 Å². The van der Waals surface area contributed by atoms with Gasteiger partial charge in [0.05, 0.1) is 5.56 Å². The van der Waals surface area contributed by atoms with Crippen molar-refractivity contribution in [2.75, 3.05) is 6.54 Å². The average Bonchev–Trinajstić information content (AvgIpc) is 2.78. The number of hydrogen-bond acceptors (Lipinski definition) is 2. The molecular weight excluding hydrogens is 394 g/mol. The van der Waals surface area contributed by atoms with Crippen molar-refractivity contribution in [2.45, 2.75) is 64.7 Å². The van der Waals surface area contributed by atoms with Gasteiger partial charge in [-0.3, -0.25) is 0 Å². The van der Waals surface area contributed by atoms with E-state index >= 15 is 0 Å². The average molecular weight is 430 g/mol. The van der Waals surface area contributed by atoms with Crippen molar-refractivity contribution >= 4 is 23.8 Å². The van der Waals surface area contributed by atoms with E-state index in [0.29, 0.717) is 5.56 Å². The molecule has 0 bridgehead atoms. The molecule has 0 atom stereocenters. The van der Waals surface area contributed by atoms with Crippen LogP contribution < -0.4 is 5.32 Å². The van der Waals surface area contributed by atoms with Crippen LogP contribution in [0.1, 0.15) is 90.5 Å². The second-order valence-corrected chi connectivity index (χ2v) is 10.1. The van der Waals surface area contributed by atoms with Crippen LogP contribution in [0.3, 0.4) is 0 Å². The Balaban J connectivity index is 1.58. The largest absolute Gasteiger partial charge is 0.478 e. The van der Waals surface area contributed by atoms with Crippen molar-refractivity contribution in [1.82, 2.24) is 5.32 Å². The SMILES string of the molecule is Cc1cc2c(cc1C=Cc1ccc(C(=O)O)cc1)C(NCC1CCCCC1)=CCC2(C)C. The van der Waals surface area contributed by atoms with Crippen molar-refractivity contribution in [3.05, 3.63) is 75.9 Å². The summed E-state index contributed by atoms with van der Waals surface area (Å²) in [7, 11) is 0. The van der Waals surface area contributed by atoms with Gasteiger partial charge in [0.2, 0.25) is 0 Å². The van der Waals surface area contributed by atoms with Crippen LogP contribution >= 0.6 is 0 Å². The lowest BCUT2D eigenvalue weighted by atomic mass is 9.73. The topological polar surface area (TPSA) is 49.3 Å². The molecule has 168 valence electrons. The molecule has 2 N–H and O–H groups in total. The monoisotopic (exact) mass is 429 g/mol. The molecule has 2 aromatic carbocycles. The minimum atomic E-state index is -0.895. The molecular formula is C29H35NO2. The van der Waals surface area contributed by atoms with Crippen molar-refractivity contribution in [3.8, 4) is 0 Å². The Labute approximate surface area is 192 Å². The second kappa shape index (κ2) is 9.36. The Morgan fingerprint density at radius 2 is 1.81 bits per heavy atom. The highest BCUT2D eigenvalue weighted by Crippen LogP contribution is 2.40. The van der Waals surface area contributed by atoms with Gasteiger partial charge in [-0.2, -0.15) is 0 Å². The molecule has 2 aliphatic carbocycles. The number of carbonyl (C=O) groups is 1. The highest BCUT2D eigenvalue weighted by molar-refractivity contribution is 5.88. The van der Waals surface area contributed by atoms with E-state index in [2.05, 4.69) is 56.4 Å². The molecule has 0 amide bonds. The number of carboxylic acid groups (broad SMARTS) is 1. The number of aryl methyl sites for hydroxylation is 1. The van der Waals surface area contributed by atoms with Gasteiger partial charge in [0.25, 0.3) is 0 Å². The number of rotatable bonds is 6. The molecule has 1 fully saturated rings. The summed E-state index contributed by atoms with van der Waals surface area (Å²) in [4.78, 5) is 11.1. The van der Waals surface area contributed by atoms with Crippen molar-refractivity contribution in [1.29, 1.82) is 0 Å². The molecule has 0 heterocycles. The van der Waals surface area contributed by atoms with Gasteiger partial charge < -0.3 is 10.4 Å². The van der Waals surface area contributed by atoms with Crippen LogP contribution in [0.5, 0.6) is 0 Å². The van der Waals surface area contributed by atoms with Gasteiger partial charge in [-0.15, -0.1) is 0 Å². The van der Waals surface area contributed by atoms with Crippen molar-refractivity contribution in [2.24, 2.45) is 5.92 Å². The van der Waals surface area contributed by atoms with E-state index in [1.807, 2.05) is 12.1 Å². The fourth-order valence-electron chi connectivity index (χ4n) is 5.00.